The minimum atomic E-state index is -0.880. The van der Waals surface area contributed by atoms with Crippen LogP contribution in [0.5, 0.6) is 0 Å². The van der Waals surface area contributed by atoms with Gasteiger partial charge in [-0.05, 0) is 30.4 Å². The normalized spacial score (nSPS) is 29.2. The molecule has 1 amide bonds. The molecule has 0 unspecified atom stereocenters. The summed E-state index contributed by atoms with van der Waals surface area (Å²) in [6.07, 6.45) is 4.70. The third-order valence-corrected chi connectivity index (χ3v) is 6.05. The number of fused-ring (bicyclic) bond motifs is 2. The molecule has 2 fully saturated rings. The smallest absolute Gasteiger partial charge is 0.307 e. The Morgan fingerprint density at radius 2 is 1.59 bits per heavy atom. The van der Waals surface area contributed by atoms with Gasteiger partial charge in [-0.15, -0.1) is 0 Å². The molecule has 0 spiro atoms. The number of carbonyl (C=O) groups is 2. The van der Waals surface area contributed by atoms with E-state index in [9.17, 15) is 24.8 Å². The summed E-state index contributed by atoms with van der Waals surface area (Å²) < 4.78 is 0. The molecule has 1 N–H and O–H groups in total. The number of piperazine rings is 1. The van der Waals surface area contributed by atoms with Crippen LogP contribution in [0.4, 0.5) is 11.4 Å². The maximum atomic E-state index is 13.0. The van der Waals surface area contributed by atoms with Crippen molar-refractivity contribution < 1.29 is 19.6 Å². The average Bonchev–Trinajstić information content (AvgIpc) is 3.29. The molecule has 2 aliphatic carbocycles. The fourth-order valence-corrected chi connectivity index (χ4v) is 4.68. The molecule has 3 aliphatic rings. The van der Waals surface area contributed by atoms with Gasteiger partial charge in [0.05, 0.1) is 16.8 Å². The van der Waals surface area contributed by atoms with Crippen molar-refractivity contribution >= 4 is 23.3 Å². The van der Waals surface area contributed by atoms with Crippen LogP contribution < -0.4 is 4.90 Å². The molecule has 27 heavy (non-hydrogen) atoms. The summed E-state index contributed by atoms with van der Waals surface area (Å²) in [4.78, 5) is 38.8. The lowest BCUT2D eigenvalue weighted by molar-refractivity contribution is -0.384. The van der Waals surface area contributed by atoms with Crippen LogP contribution in [0.15, 0.2) is 36.4 Å². The number of nitrogens with zero attached hydrogens (tertiary/aromatic N) is 3. The minimum absolute atomic E-state index is 0.0251. The zero-order valence-corrected chi connectivity index (χ0v) is 14.7. The zero-order chi connectivity index (χ0) is 19.1. The van der Waals surface area contributed by atoms with Crippen LogP contribution in [-0.4, -0.2) is 53.0 Å². The quantitative estimate of drug-likeness (QED) is 0.491. The van der Waals surface area contributed by atoms with Gasteiger partial charge in [-0.2, -0.15) is 0 Å². The molecule has 4 atom stereocenters. The van der Waals surface area contributed by atoms with E-state index in [0.29, 0.717) is 26.2 Å². The van der Waals surface area contributed by atoms with Gasteiger partial charge in [-0.25, -0.2) is 0 Å². The Labute approximate surface area is 156 Å². The van der Waals surface area contributed by atoms with Crippen LogP contribution in [0, 0.1) is 33.8 Å². The van der Waals surface area contributed by atoms with Crippen molar-refractivity contribution in [3.63, 3.8) is 0 Å². The first-order valence-corrected chi connectivity index (χ1v) is 9.15. The number of nitro groups is 1. The maximum absolute atomic E-state index is 13.0. The Hall–Kier alpha value is -2.90. The highest BCUT2D eigenvalue weighted by Gasteiger charge is 2.52. The number of non-ortho nitro benzene ring substituents is 1. The first-order chi connectivity index (χ1) is 13.0. The number of hydrogen-bond donors (Lipinski definition) is 1. The largest absolute Gasteiger partial charge is 0.481 e. The molecular weight excluding hydrogens is 350 g/mol. The van der Waals surface area contributed by atoms with Crippen LogP contribution in [0.25, 0.3) is 0 Å². The molecule has 142 valence electrons. The van der Waals surface area contributed by atoms with E-state index in [1.807, 2.05) is 12.2 Å². The SMILES string of the molecule is O=C(O)[C@H]1[C@H](C(=O)N2CCN(c3ccc([N+](=O)[O-])cc3)CC2)[C@H]2C=C[C@H]1C2. The molecule has 1 aromatic rings. The second kappa shape index (κ2) is 6.68. The lowest BCUT2D eigenvalue weighted by Crippen LogP contribution is -2.52. The summed E-state index contributed by atoms with van der Waals surface area (Å²) in [5.74, 6) is -1.99. The van der Waals surface area contributed by atoms with Gasteiger partial charge in [0.1, 0.15) is 0 Å². The van der Waals surface area contributed by atoms with Crippen LogP contribution >= 0.6 is 0 Å². The Bertz CT molecular complexity index is 798. The molecule has 0 aromatic heterocycles. The van der Waals surface area contributed by atoms with Crippen LogP contribution in [0.1, 0.15) is 6.42 Å². The second-order valence-corrected chi connectivity index (χ2v) is 7.42. The molecule has 8 heteroatoms. The van der Waals surface area contributed by atoms with Gasteiger partial charge in [0.25, 0.3) is 5.69 Å². The van der Waals surface area contributed by atoms with Crippen molar-refractivity contribution in [3.05, 3.63) is 46.5 Å². The molecule has 2 bridgehead atoms. The highest BCUT2D eigenvalue weighted by atomic mass is 16.6. The molecule has 8 nitrogen and oxygen atoms in total. The summed E-state index contributed by atoms with van der Waals surface area (Å²) >= 11 is 0. The van der Waals surface area contributed by atoms with E-state index in [1.54, 1.807) is 17.0 Å². The van der Waals surface area contributed by atoms with Gasteiger partial charge in [0.2, 0.25) is 5.91 Å². The van der Waals surface area contributed by atoms with E-state index in [-0.39, 0.29) is 23.4 Å². The first kappa shape index (κ1) is 17.5. The number of amides is 1. The van der Waals surface area contributed by atoms with Crippen molar-refractivity contribution in [2.24, 2.45) is 23.7 Å². The predicted octanol–water partition coefficient (Wildman–Crippen LogP) is 1.77. The number of aliphatic carboxylic acids is 1. The number of hydrogen-bond acceptors (Lipinski definition) is 5. The van der Waals surface area contributed by atoms with E-state index in [1.165, 1.54) is 12.1 Å². The summed E-state index contributed by atoms with van der Waals surface area (Å²) in [6.45, 7) is 2.30. The van der Waals surface area contributed by atoms with Crippen molar-refractivity contribution in [2.75, 3.05) is 31.1 Å². The van der Waals surface area contributed by atoms with Gasteiger partial charge in [-0.1, -0.05) is 12.2 Å². The van der Waals surface area contributed by atoms with E-state index < -0.39 is 22.7 Å². The van der Waals surface area contributed by atoms with Crippen LogP contribution in [0.2, 0.25) is 0 Å². The lowest BCUT2D eigenvalue weighted by atomic mass is 9.82. The first-order valence-electron chi connectivity index (χ1n) is 9.15. The van der Waals surface area contributed by atoms with Crippen molar-refractivity contribution in [2.45, 2.75) is 6.42 Å². The molecule has 1 heterocycles. The minimum Gasteiger partial charge on any atom is -0.481 e. The summed E-state index contributed by atoms with van der Waals surface area (Å²) in [5.41, 5.74) is 0.940. The Kier molecular flexibility index (Phi) is 4.33. The Morgan fingerprint density at radius 1 is 1.00 bits per heavy atom. The number of carbonyl (C=O) groups excluding carboxylic acids is 1. The average molecular weight is 371 g/mol. The number of nitro benzene ring substituents is 1. The lowest BCUT2D eigenvalue weighted by Gasteiger charge is -2.38. The number of allylic oxidation sites excluding steroid dienone is 2. The van der Waals surface area contributed by atoms with Gasteiger partial charge < -0.3 is 14.9 Å². The summed E-state index contributed by atoms with van der Waals surface area (Å²) in [5, 5.41) is 20.3. The summed E-state index contributed by atoms with van der Waals surface area (Å²) in [7, 11) is 0. The molecule has 4 rings (SSSR count). The second-order valence-electron chi connectivity index (χ2n) is 7.42. The summed E-state index contributed by atoms with van der Waals surface area (Å²) in [6, 6.07) is 6.39. The van der Waals surface area contributed by atoms with Crippen LogP contribution in [-0.2, 0) is 9.59 Å². The molecule has 1 aliphatic heterocycles. The molecule has 1 aromatic carbocycles. The molecule has 1 saturated heterocycles. The fraction of sp³-hybridized carbons (Fsp3) is 0.474. The van der Waals surface area contributed by atoms with Crippen molar-refractivity contribution in [1.82, 2.24) is 4.90 Å². The standard InChI is InChI=1S/C19H21N3O5/c23-18(16-12-1-2-13(11-12)17(16)19(24)25)21-9-7-20(8-10-21)14-3-5-15(6-4-14)22(26)27/h1-6,12-13,16-17H,7-11H2,(H,24,25)/t12-,13-,16+,17+/m0/s1. The van der Waals surface area contributed by atoms with E-state index in [2.05, 4.69) is 4.90 Å². The Morgan fingerprint density at radius 3 is 2.15 bits per heavy atom. The zero-order valence-electron chi connectivity index (χ0n) is 14.7. The third kappa shape index (κ3) is 3.05. The number of rotatable bonds is 4. The predicted molar refractivity (Wildman–Crippen MR) is 97.2 cm³/mol. The highest BCUT2D eigenvalue weighted by Crippen LogP contribution is 2.48. The number of carboxylic acids is 1. The molecule has 1 saturated carbocycles. The molecule has 0 radical (unpaired) electrons. The highest BCUT2D eigenvalue weighted by molar-refractivity contribution is 5.87. The topological polar surface area (TPSA) is 104 Å². The van der Waals surface area contributed by atoms with Gasteiger partial charge >= 0.3 is 5.97 Å². The molecular formula is C19H21N3O5. The van der Waals surface area contributed by atoms with E-state index in [0.717, 1.165) is 12.1 Å². The van der Waals surface area contributed by atoms with Gasteiger partial charge in [-0.3, -0.25) is 19.7 Å². The third-order valence-electron chi connectivity index (χ3n) is 6.05. The van der Waals surface area contributed by atoms with Crippen LogP contribution in [0.3, 0.4) is 0 Å². The fourth-order valence-electron chi connectivity index (χ4n) is 4.68. The Balaban J connectivity index is 1.40. The van der Waals surface area contributed by atoms with Crippen molar-refractivity contribution in [1.29, 1.82) is 0 Å². The maximum Gasteiger partial charge on any atom is 0.307 e. The number of anilines is 1. The van der Waals surface area contributed by atoms with E-state index in [4.69, 9.17) is 0 Å². The van der Waals surface area contributed by atoms with Gasteiger partial charge in [0.15, 0.2) is 0 Å². The number of benzene rings is 1. The van der Waals surface area contributed by atoms with E-state index >= 15 is 0 Å². The monoisotopic (exact) mass is 371 g/mol. The number of carboxylic acid groups (broad SMARTS) is 1. The van der Waals surface area contributed by atoms with Crippen molar-refractivity contribution in [3.8, 4) is 0 Å². The van der Waals surface area contributed by atoms with Gasteiger partial charge in [0, 0.05) is 44.0 Å².